The minimum atomic E-state index is -0.361. The third kappa shape index (κ3) is 4.60. The van der Waals surface area contributed by atoms with E-state index in [2.05, 4.69) is 11.0 Å². The second-order valence-corrected chi connectivity index (χ2v) is 6.31. The summed E-state index contributed by atoms with van der Waals surface area (Å²) >= 11 is 0. The summed E-state index contributed by atoms with van der Waals surface area (Å²) in [4.78, 5) is 13.5. The van der Waals surface area contributed by atoms with E-state index in [-0.39, 0.29) is 11.8 Å². The lowest BCUT2D eigenvalue weighted by molar-refractivity contribution is -0.184. The van der Waals surface area contributed by atoms with Crippen LogP contribution in [0.25, 0.3) is 6.08 Å². The van der Waals surface area contributed by atoms with Crippen LogP contribution in [0.3, 0.4) is 0 Å². The van der Waals surface area contributed by atoms with E-state index in [0.717, 1.165) is 38.0 Å². The van der Waals surface area contributed by atoms with E-state index in [1.165, 1.54) is 6.92 Å². The SMILES string of the molecule is COc1cc(/C=C\CN2CCC3(CC2)OCCO3)ccc1OC(C)=O. The fourth-order valence-corrected chi connectivity index (χ4v) is 3.23. The van der Waals surface area contributed by atoms with Crippen LogP contribution in [-0.4, -0.2) is 56.6 Å². The van der Waals surface area contributed by atoms with Crippen LogP contribution in [0.5, 0.6) is 11.5 Å². The number of hydrogen-bond donors (Lipinski definition) is 0. The topological polar surface area (TPSA) is 57.2 Å². The van der Waals surface area contributed by atoms with Crippen LogP contribution in [0.4, 0.5) is 0 Å². The molecule has 25 heavy (non-hydrogen) atoms. The fraction of sp³-hybridized carbons (Fsp3) is 0.526. The van der Waals surface area contributed by atoms with Gasteiger partial charge in [-0.3, -0.25) is 9.69 Å². The van der Waals surface area contributed by atoms with Gasteiger partial charge < -0.3 is 18.9 Å². The van der Waals surface area contributed by atoms with Crippen molar-refractivity contribution in [1.29, 1.82) is 0 Å². The molecule has 0 bridgehead atoms. The number of nitrogens with zero attached hydrogens (tertiary/aromatic N) is 1. The van der Waals surface area contributed by atoms with Gasteiger partial charge in [-0.2, -0.15) is 0 Å². The molecule has 0 aromatic heterocycles. The molecule has 1 aromatic carbocycles. The van der Waals surface area contributed by atoms with Crippen LogP contribution >= 0.6 is 0 Å². The van der Waals surface area contributed by atoms with Crippen LogP contribution in [-0.2, 0) is 14.3 Å². The van der Waals surface area contributed by atoms with Gasteiger partial charge >= 0.3 is 5.97 Å². The van der Waals surface area contributed by atoms with Crippen molar-refractivity contribution in [2.75, 3.05) is 40.0 Å². The average Bonchev–Trinajstić information content (AvgIpc) is 3.06. The standard InChI is InChI=1S/C19H25NO5/c1-15(21)25-17-6-5-16(14-18(17)22-2)4-3-9-20-10-7-19(8-11-20)23-12-13-24-19/h3-6,14H,7-13H2,1-2H3/b4-3-. The highest BCUT2D eigenvalue weighted by atomic mass is 16.7. The number of piperidine rings is 1. The van der Waals surface area contributed by atoms with Crippen molar-refractivity contribution in [2.45, 2.75) is 25.6 Å². The summed E-state index contributed by atoms with van der Waals surface area (Å²) in [5, 5.41) is 0. The van der Waals surface area contributed by atoms with E-state index < -0.39 is 0 Å². The zero-order valence-corrected chi connectivity index (χ0v) is 14.8. The van der Waals surface area contributed by atoms with Gasteiger partial charge in [0.25, 0.3) is 0 Å². The van der Waals surface area contributed by atoms with Gasteiger partial charge in [-0.15, -0.1) is 0 Å². The Morgan fingerprint density at radius 1 is 1.24 bits per heavy atom. The van der Waals surface area contributed by atoms with Crippen molar-refractivity contribution in [3.05, 3.63) is 29.8 Å². The monoisotopic (exact) mass is 347 g/mol. The van der Waals surface area contributed by atoms with Crippen molar-refractivity contribution in [3.8, 4) is 11.5 Å². The molecule has 136 valence electrons. The smallest absolute Gasteiger partial charge is 0.308 e. The lowest BCUT2D eigenvalue weighted by Gasteiger charge is -2.37. The Bertz CT molecular complexity index is 627. The molecule has 0 saturated carbocycles. The molecule has 2 saturated heterocycles. The van der Waals surface area contributed by atoms with Crippen LogP contribution in [0.2, 0.25) is 0 Å². The van der Waals surface area contributed by atoms with E-state index in [0.29, 0.717) is 24.7 Å². The molecule has 0 unspecified atom stereocenters. The average molecular weight is 347 g/mol. The quantitative estimate of drug-likeness (QED) is 0.602. The van der Waals surface area contributed by atoms with E-state index in [4.69, 9.17) is 18.9 Å². The zero-order valence-electron chi connectivity index (χ0n) is 14.8. The van der Waals surface area contributed by atoms with E-state index >= 15 is 0 Å². The van der Waals surface area contributed by atoms with Crippen molar-refractivity contribution < 1.29 is 23.7 Å². The van der Waals surface area contributed by atoms with Gasteiger partial charge in [-0.05, 0) is 17.7 Å². The number of esters is 1. The van der Waals surface area contributed by atoms with E-state index in [1.54, 1.807) is 13.2 Å². The van der Waals surface area contributed by atoms with Gasteiger partial charge in [-0.25, -0.2) is 0 Å². The molecular formula is C19H25NO5. The number of ether oxygens (including phenoxy) is 4. The number of likely N-dealkylation sites (tertiary alicyclic amines) is 1. The summed E-state index contributed by atoms with van der Waals surface area (Å²) in [6.07, 6.45) is 6.03. The predicted molar refractivity (Wildman–Crippen MR) is 93.6 cm³/mol. The summed E-state index contributed by atoms with van der Waals surface area (Å²) in [6.45, 7) is 5.62. The zero-order chi connectivity index (χ0) is 17.7. The molecule has 2 fully saturated rings. The molecule has 1 spiro atoms. The van der Waals surface area contributed by atoms with Crippen molar-refractivity contribution in [2.24, 2.45) is 0 Å². The van der Waals surface area contributed by atoms with E-state index in [1.807, 2.05) is 18.2 Å². The van der Waals surface area contributed by atoms with Crippen LogP contribution in [0.15, 0.2) is 24.3 Å². The molecule has 2 aliphatic heterocycles. The molecule has 0 N–H and O–H groups in total. The minimum absolute atomic E-state index is 0.319. The summed E-state index contributed by atoms with van der Waals surface area (Å²) in [7, 11) is 1.56. The Balaban J connectivity index is 1.53. The highest BCUT2D eigenvalue weighted by Crippen LogP contribution is 2.31. The third-order valence-corrected chi connectivity index (χ3v) is 4.55. The highest BCUT2D eigenvalue weighted by molar-refractivity contribution is 5.71. The molecule has 6 heteroatoms. The third-order valence-electron chi connectivity index (χ3n) is 4.55. The van der Waals surface area contributed by atoms with Crippen molar-refractivity contribution >= 4 is 12.0 Å². The second kappa shape index (κ2) is 7.99. The van der Waals surface area contributed by atoms with Gasteiger partial charge in [-0.1, -0.05) is 18.2 Å². The van der Waals surface area contributed by atoms with Gasteiger partial charge in [0.2, 0.25) is 0 Å². The molecule has 0 amide bonds. The minimum Gasteiger partial charge on any atom is -0.493 e. The Labute approximate surface area is 148 Å². The number of benzene rings is 1. The number of carbonyl (C=O) groups is 1. The fourth-order valence-electron chi connectivity index (χ4n) is 3.23. The molecule has 2 aliphatic rings. The number of carbonyl (C=O) groups excluding carboxylic acids is 1. The first-order valence-electron chi connectivity index (χ1n) is 8.63. The molecule has 2 heterocycles. The first kappa shape index (κ1) is 17.9. The Morgan fingerprint density at radius 3 is 2.60 bits per heavy atom. The Hall–Kier alpha value is -1.89. The highest BCUT2D eigenvalue weighted by Gasteiger charge is 2.39. The largest absolute Gasteiger partial charge is 0.493 e. The second-order valence-electron chi connectivity index (χ2n) is 6.31. The molecular weight excluding hydrogens is 322 g/mol. The maximum atomic E-state index is 11.1. The summed E-state index contributed by atoms with van der Waals surface area (Å²) in [5.41, 5.74) is 1.00. The normalized spacial score (nSPS) is 20.2. The van der Waals surface area contributed by atoms with Crippen LogP contribution in [0.1, 0.15) is 25.3 Å². The maximum Gasteiger partial charge on any atom is 0.308 e. The first-order valence-corrected chi connectivity index (χ1v) is 8.63. The van der Waals surface area contributed by atoms with Gasteiger partial charge in [0.05, 0.1) is 20.3 Å². The molecule has 6 nitrogen and oxygen atoms in total. The van der Waals surface area contributed by atoms with Crippen LogP contribution in [0, 0.1) is 0 Å². The summed E-state index contributed by atoms with van der Waals surface area (Å²) in [5.74, 6) is 0.303. The Morgan fingerprint density at radius 2 is 1.96 bits per heavy atom. The summed E-state index contributed by atoms with van der Waals surface area (Å²) < 4.78 is 21.9. The van der Waals surface area contributed by atoms with Gasteiger partial charge in [0, 0.05) is 39.4 Å². The maximum absolute atomic E-state index is 11.1. The number of rotatable bonds is 5. The first-order chi connectivity index (χ1) is 12.1. The Kier molecular flexibility index (Phi) is 5.73. The number of methoxy groups -OCH3 is 1. The van der Waals surface area contributed by atoms with E-state index in [9.17, 15) is 4.79 Å². The lowest BCUT2D eigenvalue weighted by atomic mass is 10.0. The van der Waals surface area contributed by atoms with Gasteiger partial charge in [0.1, 0.15) is 0 Å². The van der Waals surface area contributed by atoms with Crippen molar-refractivity contribution in [1.82, 2.24) is 4.90 Å². The lowest BCUT2D eigenvalue weighted by Crippen LogP contribution is -2.45. The molecule has 3 rings (SSSR count). The van der Waals surface area contributed by atoms with Crippen LogP contribution < -0.4 is 9.47 Å². The molecule has 1 aromatic rings. The molecule has 0 atom stereocenters. The predicted octanol–water partition coefficient (Wildman–Crippen LogP) is 2.47. The van der Waals surface area contributed by atoms with Crippen molar-refractivity contribution in [3.63, 3.8) is 0 Å². The molecule has 0 radical (unpaired) electrons. The summed E-state index contributed by atoms with van der Waals surface area (Å²) in [6, 6.07) is 5.52. The number of hydrogen-bond acceptors (Lipinski definition) is 6. The van der Waals surface area contributed by atoms with Gasteiger partial charge in [0.15, 0.2) is 17.3 Å². The molecule has 0 aliphatic carbocycles.